The third-order valence-electron chi connectivity index (χ3n) is 4.26. The molecule has 0 aliphatic carbocycles. The zero-order valence-corrected chi connectivity index (χ0v) is 12.9. The van der Waals surface area contributed by atoms with Crippen molar-refractivity contribution < 1.29 is 18.0 Å². The monoisotopic (exact) mass is 338 g/mol. The van der Waals surface area contributed by atoms with E-state index in [1.54, 1.807) is 4.90 Å². The lowest BCUT2D eigenvalue weighted by Crippen LogP contribution is -2.40. The van der Waals surface area contributed by atoms with Crippen LogP contribution in [0.1, 0.15) is 35.7 Å². The van der Waals surface area contributed by atoms with Crippen LogP contribution in [0.4, 0.5) is 13.2 Å². The van der Waals surface area contributed by atoms with Gasteiger partial charge in [-0.15, -0.1) is 0 Å². The molecule has 1 saturated heterocycles. The van der Waals surface area contributed by atoms with Gasteiger partial charge in [-0.25, -0.2) is 4.98 Å². The first-order valence-corrected chi connectivity index (χ1v) is 7.73. The lowest BCUT2D eigenvalue weighted by molar-refractivity contribution is -0.138. The van der Waals surface area contributed by atoms with E-state index in [0.29, 0.717) is 18.9 Å². The molecule has 0 spiro atoms. The molecule has 1 amide bonds. The summed E-state index contributed by atoms with van der Waals surface area (Å²) in [6.45, 7) is 1.000. The number of alkyl halides is 3. The number of carbonyl (C=O) groups is 1. The Balaban J connectivity index is 1.71. The fourth-order valence-corrected chi connectivity index (χ4v) is 3.06. The average Bonchev–Trinajstić information content (AvgIpc) is 3.09. The van der Waals surface area contributed by atoms with Gasteiger partial charge in [0.1, 0.15) is 12.2 Å². The molecule has 128 valence electrons. The molecular formula is C16H17F3N4O. The minimum Gasteiger partial charge on any atom is -0.342 e. The van der Waals surface area contributed by atoms with E-state index < -0.39 is 11.7 Å². The summed E-state index contributed by atoms with van der Waals surface area (Å²) in [5.74, 6) is 0.460. The quantitative estimate of drug-likeness (QED) is 0.936. The Hall–Kier alpha value is -2.38. The standard InChI is InChI=1S/C16H17F3N4O/c17-16(18,19)13-6-2-1-4-11(13)8-14(24)23-7-3-5-12(9-23)15-20-10-21-22-15/h1-2,4,6,10,12H,3,5,7-9H2,(H,20,21,22). The van der Waals surface area contributed by atoms with Gasteiger partial charge in [0, 0.05) is 19.0 Å². The molecule has 1 fully saturated rings. The van der Waals surface area contributed by atoms with Gasteiger partial charge in [0.25, 0.3) is 0 Å². The van der Waals surface area contributed by atoms with Crippen molar-refractivity contribution in [3.05, 3.63) is 47.5 Å². The van der Waals surface area contributed by atoms with E-state index in [1.165, 1.54) is 24.5 Å². The van der Waals surface area contributed by atoms with Gasteiger partial charge < -0.3 is 4.90 Å². The van der Waals surface area contributed by atoms with Gasteiger partial charge in [-0.1, -0.05) is 18.2 Å². The van der Waals surface area contributed by atoms with E-state index in [2.05, 4.69) is 15.2 Å². The molecule has 1 aliphatic rings. The van der Waals surface area contributed by atoms with Crippen molar-refractivity contribution in [3.8, 4) is 0 Å². The van der Waals surface area contributed by atoms with Gasteiger partial charge in [0.15, 0.2) is 0 Å². The molecule has 5 nitrogen and oxygen atoms in total. The predicted octanol–water partition coefficient (Wildman–Crippen LogP) is 2.77. The van der Waals surface area contributed by atoms with Crippen molar-refractivity contribution >= 4 is 5.91 Å². The first-order valence-electron chi connectivity index (χ1n) is 7.73. The highest BCUT2D eigenvalue weighted by Crippen LogP contribution is 2.32. The van der Waals surface area contributed by atoms with Crippen molar-refractivity contribution in [2.45, 2.75) is 31.4 Å². The second-order valence-corrected chi connectivity index (χ2v) is 5.88. The Morgan fingerprint density at radius 2 is 2.12 bits per heavy atom. The number of nitrogens with one attached hydrogen (secondary N) is 1. The maximum atomic E-state index is 13.0. The number of H-pyrrole nitrogens is 1. The summed E-state index contributed by atoms with van der Waals surface area (Å²) in [7, 11) is 0. The lowest BCUT2D eigenvalue weighted by atomic mass is 9.96. The lowest BCUT2D eigenvalue weighted by Gasteiger charge is -2.32. The third kappa shape index (κ3) is 3.58. The molecule has 2 heterocycles. The Morgan fingerprint density at radius 1 is 1.33 bits per heavy atom. The molecule has 3 rings (SSSR count). The van der Waals surface area contributed by atoms with Crippen LogP contribution in [0.2, 0.25) is 0 Å². The summed E-state index contributed by atoms with van der Waals surface area (Å²) in [6.07, 6.45) is -1.63. The summed E-state index contributed by atoms with van der Waals surface area (Å²) >= 11 is 0. The molecule has 8 heteroatoms. The van der Waals surface area contributed by atoms with Gasteiger partial charge in [-0.2, -0.15) is 18.3 Å². The fourth-order valence-electron chi connectivity index (χ4n) is 3.06. The van der Waals surface area contributed by atoms with E-state index in [0.717, 1.165) is 18.9 Å². The number of likely N-dealkylation sites (tertiary alicyclic amines) is 1. The second-order valence-electron chi connectivity index (χ2n) is 5.88. The summed E-state index contributed by atoms with van der Waals surface area (Å²) in [6, 6.07) is 5.22. The van der Waals surface area contributed by atoms with Gasteiger partial charge in [-0.05, 0) is 24.5 Å². The molecule has 1 aliphatic heterocycles. The first-order chi connectivity index (χ1) is 11.4. The van der Waals surface area contributed by atoms with E-state index >= 15 is 0 Å². The molecule has 1 aromatic carbocycles. The minimum atomic E-state index is -4.46. The zero-order chi connectivity index (χ0) is 17.2. The maximum absolute atomic E-state index is 13.0. The summed E-state index contributed by atoms with van der Waals surface area (Å²) < 4.78 is 39.1. The van der Waals surface area contributed by atoms with Crippen LogP contribution in [0.3, 0.4) is 0 Å². The highest BCUT2D eigenvalue weighted by Gasteiger charge is 2.34. The SMILES string of the molecule is O=C(Cc1ccccc1C(F)(F)F)N1CCCC(c2ncn[nH]2)C1. The number of nitrogens with zero attached hydrogens (tertiary/aromatic N) is 3. The van der Waals surface area contributed by atoms with Crippen LogP contribution < -0.4 is 0 Å². The normalized spacial score (nSPS) is 18.6. The van der Waals surface area contributed by atoms with E-state index in [9.17, 15) is 18.0 Å². The molecule has 1 aromatic heterocycles. The Kier molecular flexibility index (Phi) is 4.55. The fraction of sp³-hybridized carbons (Fsp3) is 0.438. The van der Waals surface area contributed by atoms with E-state index in [4.69, 9.17) is 0 Å². The number of aromatic nitrogens is 3. The Labute approximate surface area is 136 Å². The molecule has 0 saturated carbocycles. The van der Waals surface area contributed by atoms with Gasteiger partial charge in [-0.3, -0.25) is 9.89 Å². The molecule has 0 radical (unpaired) electrons. The van der Waals surface area contributed by atoms with Crippen molar-refractivity contribution in [1.82, 2.24) is 20.1 Å². The van der Waals surface area contributed by atoms with Crippen LogP contribution in [0, 0.1) is 0 Å². The Morgan fingerprint density at radius 3 is 2.83 bits per heavy atom. The molecule has 1 N–H and O–H groups in total. The van der Waals surface area contributed by atoms with E-state index in [-0.39, 0.29) is 23.8 Å². The molecule has 1 atom stereocenters. The van der Waals surface area contributed by atoms with Crippen LogP contribution in [-0.2, 0) is 17.4 Å². The number of aromatic amines is 1. The number of hydrogen-bond acceptors (Lipinski definition) is 3. The van der Waals surface area contributed by atoms with Crippen LogP contribution >= 0.6 is 0 Å². The average molecular weight is 338 g/mol. The summed E-state index contributed by atoms with van der Waals surface area (Å²) in [5, 5.41) is 6.61. The van der Waals surface area contributed by atoms with Crippen LogP contribution in [0.5, 0.6) is 0 Å². The number of halogens is 3. The Bertz CT molecular complexity index is 700. The number of carbonyl (C=O) groups excluding carboxylic acids is 1. The first kappa shape index (κ1) is 16.5. The van der Waals surface area contributed by atoms with Crippen LogP contribution in [-0.4, -0.2) is 39.1 Å². The van der Waals surface area contributed by atoms with E-state index in [1.807, 2.05) is 0 Å². The largest absolute Gasteiger partial charge is 0.416 e. The van der Waals surface area contributed by atoms with Crippen molar-refractivity contribution in [3.63, 3.8) is 0 Å². The smallest absolute Gasteiger partial charge is 0.342 e. The number of rotatable bonds is 3. The van der Waals surface area contributed by atoms with Crippen LogP contribution in [0.15, 0.2) is 30.6 Å². The van der Waals surface area contributed by atoms with Crippen molar-refractivity contribution in [2.75, 3.05) is 13.1 Å². The number of hydrogen-bond donors (Lipinski definition) is 1. The molecule has 1 unspecified atom stereocenters. The van der Waals surface area contributed by atoms with Crippen molar-refractivity contribution in [1.29, 1.82) is 0 Å². The summed E-state index contributed by atoms with van der Waals surface area (Å²) in [5.41, 5.74) is -0.737. The highest BCUT2D eigenvalue weighted by atomic mass is 19.4. The molecular weight excluding hydrogens is 321 g/mol. The number of piperidine rings is 1. The molecule has 2 aromatic rings. The van der Waals surface area contributed by atoms with Crippen LogP contribution in [0.25, 0.3) is 0 Å². The van der Waals surface area contributed by atoms with Gasteiger partial charge in [0.05, 0.1) is 12.0 Å². The second kappa shape index (κ2) is 6.62. The zero-order valence-electron chi connectivity index (χ0n) is 12.9. The molecule has 0 bridgehead atoms. The predicted molar refractivity (Wildman–Crippen MR) is 80.1 cm³/mol. The maximum Gasteiger partial charge on any atom is 0.416 e. The third-order valence-corrected chi connectivity index (χ3v) is 4.26. The number of amides is 1. The van der Waals surface area contributed by atoms with Crippen molar-refractivity contribution in [2.24, 2.45) is 0 Å². The summed E-state index contributed by atoms with van der Waals surface area (Å²) in [4.78, 5) is 18.2. The molecule has 24 heavy (non-hydrogen) atoms. The minimum absolute atomic E-state index is 0.0109. The highest BCUT2D eigenvalue weighted by molar-refractivity contribution is 5.79. The topological polar surface area (TPSA) is 61.9 Å². The number of benzene rings is 1. The van der Waals surface area contributed by atoms with Gasteiger partial charge >= 0.3 is 6.18 Å². The van der Waals surface area contributed by atoms with Gasteiger partial charge in [0.2, 0.25) is 5.91 Å².